The number of carbonyl (C=O) groups is 2. The Hall–Kier alpha value is -2.91. The number of thioether (sulfide) groups is 1. The van der Waals surface area contributed by atoms with E-state index in [4.69, 9.17) is 9.47 Å². The highest BCUT2D eigenvalue weighted by atomic mass is 32.2. The van der Waals surface area contributed by atoms with Crippen molar-refractivity contribution >= 4 is 35.0 Å². The second-order valence-corrected chi connectivity index (χ2v) is 12.1. The van der Waals surface area contributed by atoms with Gasteiger partial charge >= 0.3 is 11.9 Å². The highest BCUT2D eigenvalue weighted by Crippen LogP contribution is 2.36. The van der Waals surface area contributed by atoms with E-state index in [2.05, 4.69) is 4.98 Å². The number of hydrogen-bond donors (Lipinski definition) is 1. The van der Waals surface area contributed by atoms with Gasteiger partial charge in [0.25, 0.3) is 0 Å². The van der Waals surface area contributed by atoms with Gasteiger partial charge in [-0.3, -0.25) is 4.79 Å². The fourth-order valence-electron chi connectivity index (χ4n) is 3.02. The Morgan fingerprint density at radius 2 is 1.71 bits per heavy atom. The maximum Gasteiger partial charge on any atom is 0.339 e. The van der Waals surface area contributed by atoms with E-state index in [1.54, 1.807) is 38.1 Å². The van der Waals surface area contributed by atoms with Crippen molar-refractivity contribution in [2.24, 2.45) is 0 Å². The zero-order chi connectivity index (χ0) is 25.8. The molecule has 1 aromatic heterocycles. The van der Waals surface area contributed by atoms with E-state index in [0.717, 1.165) is 10.0 Å². The predicted molar refractivity (Wildman–Crippen MR) is 136 cm³/mol. The zero-order valence-electron chi connectivity index (χ0n) is 20.3. The van der Waals surface area contributed by atoms with E-state index in [1.165, 1.54) is 41.3 Å². The topological polar surface area (TPSA) is 85.7 Å². The third-order valence-corrected chi connectivity index (χ3v) is 6.93. The van der Waals surface area contributed by atoms with Crippen LogP contribution < -0.4 is 4.74 Å². The lowest BCUT2D eigenvalue weighted by atomic mass is 10.0. The summed E-state index contributed by atoms with van der Waals surface area (Å²) < 4.78 is 24.4. The molecule has 0 aliphatic rings. The van der Waals surface area contributed by atoms with Gasteiger partial charge in [-0.1, -0.05) is 30.0 Å². The quantitative estimate of drug-likeness (QED) is 0.257. The molecule has 0 bridgehead atoms. The second kappa shape index (κ2) is 10.8. The molecular formula is C26H28FNO5S2. The van der Waals surface area contributed by atoms with E-state index in [0.29, 0.717) is 17.5 Å². The molecule has 0 saturated heterocycles. The van der Waals surface area contributed by atoms with Crippen LogP contribution >= 0.6 is 23.1 Å². The van der Waals surface area contributed by atoms with Crippen molar-refractivity contribution in [3.05, 3.63) is 64.9 Å². The first-order valence-electron chi connectivity index (χ1n) is 11.0. The Balaban J connectivity index is 1.62. The number of rotatable bonds is 9. The lowest BCUT2D eigenvalue weighted by molar-refractivity contribution is -0.156. The van der Waals surface area contributed by atoms with E-state index in [1.807, 2.05) is 26.2 Å². The molecular weight excluding hydrogens is 489 g/mol. The number of carbonyl (C=O) groups excluding carboxylic acids is 1. The first kappa shape index (κ1) is 26.7. The summed E-state index contributed by atoms with van der Waals surface area (Å²) in [6.07, 6.45) is 0.475. The van der Waals surface area contributed by atoms with Gasteiger partial charge in [0, 0.05) is 11.8 Å². The van der Waals surface area contributed by atoms with Crippen molar-refractivity contribution in [2.45, 2.75) is 55.7 Å². The number of nitrogens with zero attached hydrogens (tertiary/aromatic N) is 1. The van der Waals surface area contributed by atoms with Gasteiger partial charge in [0.05, 0.1) is 12.3 Å². The Morgan fingerprint density at radius 3 is 2.34 bits per heavy atom. The van der Waals surface area contributed by atoms with Gasteiger partial charge in [0.2, 0.25) is 0 Å². The van der Waals surface area contributed by atoms with E-state index >= 15 is 0 Å². The number of esters is 1. The first-order valence-corrected chi connectivity index (χ1v) is 12.7. The third-order valence-electron chi connectivity index (χ3n) is 4.77. The molecule has 186 valence electrons. The Kier molecular flexibility index (Phi) is 8.22. The van der Waals surface area contributed by atoms with Crippen LogP contribution in [0.3, 0.4) is 0 Å². The standard InChI is InChI=1S/C26H28FNO5S2/c1-25(2,3)33-23(31)26(4,5)35-24-28-19(15-34-24)12-13-32-21-11-8-17(14-20(21)22(29)30)16-6-9-18(27)10-7-16/h6-11,14-15H,12-13H2,1-5H3,(H,29,30). The minimum atomic E-state index is -1.11. The molecule has 1 N–H and O–H groups in total. The summed E-state index contributed by atoms with van der Waals surface area (Å²) in [5.41, 5.74) is 1.62. The molecule has 0 unspecified atom stereocenters. The predicted octanol–water partition coefficient (Wildman–Crippen LogP) is 6.48. The molecule has 0 aliphatic carbocycles. The summed E-state index contributed by atoms with van der Waals surface area (Å²) in [6, 6.07) is 10.7. The smallest absolute Gasteiger partial charge is 0.339 e. The molecule has 6 nitrogen and oxygen atoms in total. The van der Waals surface area contributed by atoms with Crippen LogP contribution in [0.25, 0.3) is 11.1 Å². The van der Waals surface area contributed by atoms with Crippen molar-refractivity contribution in [1.29, 1.82) is 0 Å². The fraction of sp³-hybridized carbons (Fsp3) is 0.346. The number of hydrogen-bond acceptors (Lipinski definition) is 7. The van der Waals surface area contributed by atoms with Crippen LogP contribution in [0.2, 0.25) is 0 Å². The van der Waals surface area contributed by atoms with Crippen LogP contribution in [0.1, 0.15) is 50.7 Å². The van der Waals surface area contributed by atoms with Crippen LogP contribution in [-0.4, -0.2) is 39.0 Å². The number of aromatic carboxylic acids is 1. The van der Waals surface area contributed by atoms with Crippen molar-refractivity contribution in [1.82, 2.24) is 4.98 Å². The third kappa shape index (κ3) is 7.53. The Bertz CT molecular complexity index is 1200. The number of halogens is 1. The van der Waals surface area contributed by atoms with Gasteiger partial charge in [-0.15, -0.1) is 11.3 Å². The molecule has 0 spiro atoms. The van der Waals surface area contributed by atoms with Crippen molar-refractivity contribution in [3.63, 3.8) is 0 Å². The van der Waals surface area contributed by atoms with E-state index < -0.39 is 16.3 Å². The van der Waals surface area contributed by atoms with E-state index in [9.17, 15) is 19.1 Å². The van der Waals surface area contributed by atoms with Gasteiger partial charge in [-0.05, 0) is 70.0 Å². The maximum absolute atomic E-state index is 13.2. The molecule has 0 atom stereocenters. The summed E-state index contributed by atoms with van der Waals surface area (Å²) >= 11 is 2.78. The molecule has 0 amide bonds. The summed E-state index contributed by atoms with van der Waals surface area (Å²) in [7, 11) is 0. The van der Waals surface area contributed by atoms with Gasteiger partial charge in [-0.2, -0.15) is 0 Å². The minimum absolute atomic E-state index is 0.0282. The Morgan fingerprint density at radius 1 is 1.06 bits per heavy atom. The number of aromatic nitrogens is 1. The minimum Gasteiger partial charge on any atom is -0.492 e. The first-order chi connectivity index (χ1) is 16.3. The monoisotopic (exact) mass is 517 g/mol. The summed E-state index contributed by atoms with van der Waals surface area (Å²) in [5, 5.41) is 11.5. The molecule has 35 heavy (non-hydrogen) atoms. The molecule has 3 rings (SSSR count). The van der Waals surface area contributed by atoms with Gasteiger partial charge < -0.3 is 14.6 Å². The number of carboxylic acid groups (broad SMARTS) is 1. The van der Waals surface area contributed by atoms with Gasteiger partial charge in [0.15, 0.2) is 4.34 Å². The average molecular weight is 518 g/mol. The van der Waals surface area contributed by atoms with Crippen LogP contribution in [0.4, 0.5) is 4.39 Å². The van der Waals surface area contributed by atoms with Crippen molar-refractivity contribution < 1.29 is 28.6 Å². The summed E-state index contributed by atoms with van der Waals surface area (Å²) in [4.78, 5) is 28.8. The van der Waals surface area contributed by atoms with Crippen molar-refractivity contribution in [2.75, 3.05) is 6.61 Å². The molecule has 0 fully saturated rings. The van der Waals surface area contributed by atoms with Gasteiger partial charge in [0.1, 0.15) is 27.5 Å². The number of thiazole rings is 1. The SMILES string of the molecule is CC(C)(C)OC(=O)C(C)(C)Sc1nc(CCOc2ccc(-c3ccc(F)cc3)cc2C(=O)O)cs1. The highest BCUT2D eigenvalue weighted by molar-refractivity contribution is 8.03. The van der Waals surface area contributed by atoms with Crippen LogP contribution in [0.5, 0.6) is 5.75 Å². The number of benzene rings is 2. The molecule has 0 aliphatic heterocycles. The lowest BCUT2D eigenvalue weighted by Gasteiger charge is -2.27. The van der Waals surface area contributed by atoms with Crippen molar-refractivity contribution in [3.8, 4) is 16.9 Å². The fourth-order valence-corrected chi connectivity index (χ4v) is 5.29. The molecule has 0 saturated carbocycles. The maximum atomic E-state index is 13.2. The average Bonchev–Trinajstić information content (AvgIpc) is 3.19. The molecule has 0 radical (unpaired) electrons. The largest absolute Gasteiger partial charge is 0.492 e. The normalized spacial score (nSPS) is 11.8. The zero-order valence-corrected chi connectivity index (χ0v) is 21.9. The van der Waals surface area contributed by atoms with Gasteiger partial charge in [-0.25, -0.2) is 14.2 Å². The highest BCUT2D eigenvalue weighted by Gasteiger charge is 2.34. The van der Waals surface area contributed by atoms with Crippen LogP contribution in [0.15, 0.2) is 52.2 Å². The molecule has 9 heteroatoms. The summed E-state index contributed by atoms with van der Waals surface area (Å²) in [5.74, 6) is -1.52. The molecule has 2 aromatic carbocycles. The van der Waals surface area contributed by atoms with E-state index in [-0.39, 0.29) is 29.7 Å². The Labute approximate surface area is 212 Å². The lowest BCUT2D eigenvalue weighted by Crippen LogP contribution is -2.36. The molecule has 3 aromatic rings. The second-order valence-electron chi connectivity index (χ2n) is 9.34. The number of carboxylic acids is 1. The number of ether oxygens (including phenoxy) is 2. The molecule has 1 heterocycles. The van der Waals surface area contributed by atoms with Crippen LogP contribution in [-0.2, 0) is 16.0 Å². The van der Waals surface area contributed by atoms with Crippen LogP contribution in [0, 0.1) is 5.82 Å². The summed E-state index contributed by atoms with van der Waals surface area (Å²) in [6.45, 7) is 9.34.